The van der Waals surface area contributed by atoms with E-state index in [1.807, 2.05) is 0 Å². The van der Waals surface area contributed by atoms with Crippen LogP contribution in [0.4, 0.5) is 0 Å². The fourth-order valence-electron chi connectivity index (χ4n) is 1.45. The summed E-state index contributed by atoms with van der Waals surface area (Å²) in [6.07, 6.45) is 5.72. The van der Waals surface area contributed by atoms with Gasteiger partial charge in [-0.05, 0) is 12.8 Å². The highest BCUT2D eigenvalue weighted by Crippen LogP contribution is 2.23. The topological polar surface area (TPSA) is 29.1 Å². The van der Waals surface area contributed by atoms with Crippen molar-refractivity contribution >= 4 is 18.7 Å². The Hall–Kier alpha value is -0.180. The first kappa shape index (κ1) is 7.92. The smallest absolute Gasteiger partial charge is 0.233 e. The predicted octanol–water partition coefficient (Wildman–Crippen LogP) is 1.80. The van der Waals surface area contributed by atoms with Gasteiger partial charge in [0.15, 0.2) is 0 Å². The summed E-state index contributed by atoms with van der Waals surface area (Å²) in [4.78, 5) is 11.0. The number of rotatable bonds is 1. The molecular formula is C7H12NOS. The van der Waals surface area contributed by atoms with Gasteiger partial charge in [-0.3, -0.25) is 9.52 Å². The monoisotopic (exact) mass is 158 g/mol. The standard InChI is InChI=1S/C7H12NOS/c9-7(8-10)6-4-2-1-3-5-6/h6H,1-5H2,(H,8,9). The summed E-state index contributed by atoms with van der Waals surface area (Å²) in [5.41, 5.74) is 0. The lowest BCUT2D eigenvalue weighted by Gasteiger charge is -2.18. The lowest BCUT2D eigenvalue weighted by atomic mass is 9.89. The summed E-state index contributed by atoms with van der Waals surface area (Å²) in [6, 6.07) is 0. The maximum Gasteiger partial charge on any atom is 0.233 e. The van der Waals surface area contributed by atoms with E-state index in [4.69, 9.17) is 0 Å². The molecule has 1 saturated carbocycles. The van der Waals surface area contributed by atoms with E-state index in [9.17, 15) is 4.79 Å². The molecule has 57 valence electrons. The molecule has 1 radical (unpaired) electrons. The highest BCUT2D eigenvalue weighted by atomic mass is 32.1. The summed E-state index contributed by atoms with van der Waals surface area (Å²) >= 11 is 4.46. The van der Waals surface area contributed by atoms with Crippen molar-refractivity contribution in [2.45, 2.75) is 32.1 Å². The average molecular weight is 158 g/mol. The molecule has 0 spiro atoms. The van der Waals surface area contributed by atoms with E-state index >= 15 is 0 Å². The van der Waals surface area contributed by atoms with Crippen LogP contribution in [0.1, 0.15) is 32.1 Å². The zero-order valence-corrected chi connectivity index (χ0v) is 6.75. The van der Waals surface area contributed by atoms with Crippen molar-refractivity contribution in [3.63, 3.8) is 0 Å². The minimum Gasteiger partial charge on any atom is -0.289 e. The molecule has 1 amide bonds. The van der Waals surface area contributed by atoms with E-state index in [0.29, 0.717) is 0 Å². The van der Waals surface area contributed by atoms with Crippen LogP contribution in [0, 0.1) is 5.92 Å². The summed E-state index contributed by atoms with van der Waals surface area (Å²) < 4.78 is 2.28. The van der Waals surface area contributed by atoms with E-state index in [2.05, 4.69) is 17.5 Å². The van der Waals surface area contributed by atoms with Gasteiger partial charge >= 0.3 is 0 Å². The molecule has 1 N–H and O–H groups in total. The normalized spacial score (nSPS) is 20.5. The Balaban J connectivity index is 2.31. The first-order valence-electron chi connectivity index (χ1n) is 3.76. The fourth-order valence-corrected chi connectivity index (χ4v) is 1.61. The number of amides is 1. The fraction of sp³-hybridized carbons (Fsp3) is 0.857. The van der Waals surface area contributed by atoms with Crippen molar-refractivity contribution in [3.8, 4) is 0 Å². The zero-order valence-electron chi connectivity index (χ0n) is 5.93. The number of hydrogen-bond acceptors (Lipinski definition) is 1. The van der Waals surface area contributed by atoms with Gasteiger partial charge in [0.05, 0.1) is 0 Å². The molecule has 0 aliphatic heterocycles. The van der Waals surface area contributed by atoms with Gasteiger partial charge in [-0.2, -0.15) is 0 Å². The van der Waals surface area contributed by atoms with E-state index in [0.717, 1.165) is 12.8 Å². The third-order valence-electron chi connectivity index (χ3n) is 2.08. The molecule has 0 atom stereocenters. The minimum absolute atomic E-state index is 0.0506. The van der Waals surface area contributed by atoms with Crippen molar-refractivity contribution in [1.82, 2.24) is 4.72 Å². The highest BCUT2D eigenvalue weighted by molar-refractivity contribution is 7.78. The Morgan fingerprint density at radius 1 is 1.30 bits per heavy atom. The quantitative estimate of drug-likeness (QED) is 0.619. The Morgan fingerprint density at radius 3 is 2.40 bits per heavy atom. The zero-order chi connectivity index (χ0) is 7.40. The molecule has 3 heteroatoms. The largest absolute Gasteiger partial charge is 0.289 e. The molecule has 1 aliphatic carbocycles. The maximum atomic E-state index is 11.0. The number of hydrogen-bond donors (Lipinski definition) is 1. The Labute approximate surface area is 66.9 Å². The van der Waals surface area contributed by atoms with Crippen LogP contribution in [-0.2, 0) is 4.79 Å². The third-order valence-corrected chi connectivity index (χ3v) is 2.28. The van der Waals surface area contributed by atoms with Crippen LogP contribution in [-0.4, -0.2) is 5.91 Å². The second kappa shape index (κ2) is 3.86. The number of carbonyl (C=O) groups excluding carboxylic acids is 1. The molecule has 1 aliphatic rings. The summed E-state index contributed by atoms with van der Waals surface area (Å²) in [7, 11) is 0. The molecular weight excluding hydrogens is 146 g/mol. The molecule has 0 heterocycles. The summed E-state index contributed by atoms with van der Waals surface area (Å²) in [6.45, 7) is 0. The van der Waals surface area contributed by atoms with Crippen LogP contribution in [0.15, 0.2) is 0 Å². The Bertz CT molecular complexity index is 121. The highest BCUT2D eigenvalue weighted by Gasteiger charge is 2.19. The van der Waals surface area contributed by atoms with Crippen molar-refractivity contribution in [2.24, 2.45) is 5.92 Å². The summed E-state index contributed by atoms with van der Waals surface area (Å²) in [5, 5.41) is 0. The van der Waals surface area contributed by atoms with Crippen LogP contribution in [0.25, 0.3) is 0 Å². The number of nitrogens with one attached hydrogen (secondary N) is 1. The van der Waals surface area contributed by atoms with Crippen molar-refractivity contribution < 1.29 is 4.79 Å². The summed E-state index contributed by atoms with van der Waals surface area (Å²) in [5.74, 6) is 0.265. The lowest BCUT2D eigenvalue weighted by molar-refractivity contribution is -0.123. The maximum absolute atomic E-state index is 11.0. The molecule has 0 unspecified atom stereocenters. The van der Waals surface area contributed by atoms with E-state index in [1.54, 1.807) is 0 Å². The van der Waals surface area contributed by atoms with Gasteiger partial charge in [0, 0.05) is 18.7 Å². The SMILES string of the molecule is O=C(N[S])C1CCCCC1. The van der Waals surface area contributed by atoms with Crippen LogP contribution in [0.2, 0.25) is 0 Å². The van der Waals surface area contributed by atoms with Crippen molar-refractivity contribution in [3.05, 3.63) is 0 Å². The van der Waals surface area contributed by atoms with Crippen LogP contribution in [0.3, 0.4) is 0 Å². The Morgan fingerprint density at radius 2 is 1.90 bits per heavy atom. The van der Waals surface area contributed by atoms with Gasteiger partial charge in [0.25, 0.3) is 0 Å². The molecule has 10 heavy (non-hydrogen) atoms. The van der Waals surface area contributed by atoms with Crippen LogP contribution < -0.4 is 4.72 Å². The molecule has 0 aromatic rings. The van der Waals surface area contributed by atoms with E-state index in [1.165, 1.54) is 19.3 Å². The minimum atomic E-state index is 0.0506. The van der Waals surface area contributed by atoms with Gasteiger partial charge in [-0.1, -0.05) is 19.3 Å². The van der Waals surface area contributed by atoms with Gasteiger partial charge < -0.3 is 0 Å². The second-order valence-electron chi connectivity index (χ2n) is 2.80. The van der Waals surface area contributed by atoms with E-state index in [-0.39, 0.29) is 11.8 Å². The molecule has 1 rings (SSSR count). The Kier molecular flexibility index (Phi) is 3.06. The molecule has 1 fully saturated rings. The third kappa shape index (κ3) is 1.90. The van der Waals surface area contributed by atoms with E-state index < -0.39 is 0 Å². The lowest BCUT2D eigenvalue weighted by Crippen LogP contribution is -2.25. The van der Waals surface area contributed by atoms with Gasteiger partial charge in [-0.15, -0.1) is 0 Å². The predicted molar refractivity (Wildman–Crippen MR) is 42.3 cm³/mol. The van der Waals surface area contributed by atoms with Gasteiger partial charge in [0.2, 0.25) is 5.91 Å². The van der Waals surface area contributed by atoms with Crippen molar-refractivity contribution in [2.75, 3.05) is 0 Å². The van der Waals surface area contributed by atoms with Gasteiger partial charge in [0.1, 0.15) is 0 Å². The molecule has 0 saturated heterocycles. The van der Waals surface area contributed by atoms with Gasteiger partial charge in [-0.25, -0.2) is 0 Å². The molecule has 2 nitrogen and oxygen atoms in total. The molecule has 0 aromatic carbocycles. The second-order valence-corrected chi connectivity index (χ2v) is 3.01. The average Bonchev–Trinajstić information content (AvgIpc) is 2.05. The first-order valence-corrected chi connectivity index (χ1v) is 4.17. The van der Waals surface area contributed by atoms with Crippen molar-refractivity contribution in [1.29, 1.82) is 0 Å². The number of carbonyl (C=O) groups is 1. The first-order chi connectivity index (χ1) is 4.84. The molecule has 0 aromatic heterocycles. The van der Waals surface area contributed by atoms with Crippen LogP contribution in [0.5, 0.6) is 0 Å². The molecule has 0 bridgehead atoms. The van der Waals surface area contributed by atoms with Crippen LogP contribution >= 0.6 is 12.8 Å².